The van der Waals surface area contributed by atoms with Gasteiger partial charge in [0.25, 0.3) is 0 Å². The van der Waals surface area contributed by atoms with Crippen LogP contribution in [0.2, 0.25) is 5.28 Å². The molecule has 3 N–H and O–H groups in total. The first-order valence-electron chi connectivity index (χ1n) is 11.4. The van der Waals surface area contributed by atoms with E-state index in [9.17, 15) is 14.8 Å². The molecule has 1 aromatic heterocycles. The van der Waals surface area contributed by atoms with Crippen LogP contribution in [0.5, 0.6) is 0 Å². The van der Waals surface area contributed by atoms with E-state index in [1.807, 2.05) is 25.8 Å². The minimum Gasteiger partial charge on any atom is -0.348 e. The molecule has 0 unspecified atom stereocenters. The molecule has 2 heterocycles. The predicted molar refractivity (Wildman–Crippen MR) is 122 cm³/mol. The summed E-state index contributed by atoms with van der Waals surface area (Å²) in [5.41, 5.74) is 5.00. The first kappa shape index (κ1) is 25.4. The van der Waals surface area contributed by atoms with Gasteiger partial charge in [0.05, 0.1) is 12.5 Å². The first-order chi connectivity index (χ1) is 15.7. The van der Waals surface area contributed by atoms with Gasteiger partial charge in [-0.2, -0.15) is 14.4 Å². The maximum atomic E-state index is 15.3. The summed E-state index contributed by atoms with van der Waals surface area (Å²) in [5, 5.41) is 9.93. The summed E-state index contributed by atoms with van der Waals surface area (Å²) >= 11 is 6.08. The van der Waals surface area contributed by atoms with Gasteiger partial charge in [-0.15, -0.1) is 0 Å². The van der Waals surface area contributed by atoms with Crippen LogP contribution in [-0.4, -0.2) is 76.2 Å². The van der Waals surface area contributed by atoms with E-state index in [0.717, 1.165) is 32.2 Å². The molecule has 33 heavy (non-hydrogen) atoms. The Bertz CT molecular complexity index is 842. The second kappa shape index (κ2) is 11.3. The minimum absolute atomic E-state index is 0.00350. The van der Waals surface area contributed by atoms with Gasteiger partial charge in [0, 0.05) is 25.2 Å². The number of halogens is 2. The number of anilines is 2. The fraction of sp³-hybridized carbons (Fsp3) is 0.714. The number of carbonyl (C=O) groups is 2. The molecule has 1 aromatic rings. The van der Waals surface area contributed by atoms with Gasteiger partial charge < -0.3 is 4.90 Å². The summed E-state index contributed by atoms with van der Waals surface area (Å²) in [6.45, 7) is 5.18. The lowest BCUT2D eigenvalue weighted by atomic mass is 9.92. The number of nitrogens with zero attached hydrogens (tertiary/aromatic N) is 5. The van der Waals surface area contributed by atoms with Gasteiger partial charge in [0.1, 0.15) is 0 Å². The molecule has 12 heteroatoms. The number of likely N-dealkylation sites (N-methyl/N-ethyl adjacent to an activating group) is 1. The highest BCUT2D eigenvalue weighted by Gasteiger charge is 2.31. The number of hydrogen-bond donors (Lipinski definition) is 3. The molecular formula is C21H33ClFN7O3. The zero-order valence-corrected chi connectivity index (χ0v) is 20.1. The molecule has 0 spiro atoms. The number of rotatable bonds is 9. The van der Waals surface area contributed by atoms with E-state index in [1.165, 1.54) is 0 Å². The van der Waals surface area contributed by atoms with Crippen LogP contribution in [-0.2, 0) is 9.59 Å². The lowest BCUT2D eigenvalue weighted by molar-refractivity contribution is -0.154. The zero-order chi connectivity index (χ0) is 24.1. The third-order valence-corrected chi connectivity index (χ3v) is 6.84. The first-order valence-corrected chi connectivity index (χ1v) is 11.7. The Kier molecular flexibility index (Phi) is 8.66. The fourth-order valence-electron chi connectivity index (χ4n) is 4.68. The van der Waals surface area contributed by atoms with E-state index in [2.05, 4.69) is 25.7 Å². The van der Waals surface area contributed by atoms with Gasteiger partial charge in [0.15, 0.2) is 11.6 Å². The number of piperazine rings is 1. The van der Waals surface area contributed by atoms with Gasteiger partial charge in [-0.25, -0.2) is 5.06 Å². The summed E-state index contributed by atoms with van der Waals surface area (Å²) in [6, 6.07) is 0.199. The lowest BCUT2D eigenvalue weighted by Gasteiger charge is -2.43. The number of hydrogen-bond acceptors (Lipinski definition) is 8. The van der Waals surface area contributed by atoms with Crippen molar-refractivity contribution < 1.29 is 19.2 Å². The van der Waals surface area contributed by atoms with E-state index in [1.54, 1.807) is 0 Å². The Morgan fingerprint density at radius 2 is 2.00 bits per heavy atom. The van der Waals surface area contributed by atoms with Crippen LogP contribution in [0.3, 0.4) is 0 Å². The van der Waals surface area contributed by atoms with E-state index in [4.69, 9.17) is 11.6 Å². The molecule has 1 saturated carbocycles. The Morgan fingerprint density at radius 1 is 1.30 bits per heavy atom. The second-order valence-electron chi connectivity index (χ2n) is 9.19. The molecule has 3 rings (SSSR count). The van der Waals surface area contributed by atoms with Gasteiger partial charge in [-0.05, 0) is 44.8 Å². The molecule has 0 bridgehead atoms. The van der Waals surface area contributed by atoms with E-state index < -0.39 is 17.6 Å². The smallest absolute Gasteiger partial charge is 0.243 e. The minimum atomic E-state index is -0.715. The molecule has 2 fully saturated rings. The van der Waals surface area contributed by atoms with Crippen molar-refractivity contribution >= 4 is 35.6 Å². The Morgan fingerprint density at radius 3 is 2.67 bits per heavy atom. The normalized spacial score (nSPS) is 22.8. The Labute approximate surface area is 198 Å². The van der Waals surface area contributed by atoms with Crippen LogP contribution in [0.1, 0.15) is 46.0 Å². The average Bonchev–Trinajstić information content (AvgIpc) is 3.29. The predicted octanol–water partition coefficient (Wildman–Crippen LogP) is 2.29. The van der Waals surface area contributed by atoms with Crippen LogP contribution in [0.25, 0.3) is 0 Å². The van der Waals surface area contributed by atoms with Crippen LogP contribution < -0.4 is 15.8 Å². The molecule has 1 aliphatic carbocycles. The van der Waals surface area contributed by atoms with E-state index >= 15 is 4.39 Å². The topological polar surface area (TPSA) is 114 Å². The van der Waals surface area contributed by atoms with Crippen molar-refractivity contribution in [2.75, 3.05) is 37.0 Å². The number of aromatic nitrogens is 2. The van der Waals surface area contributed by atoms with E-state index in [-0.39, 0.29) is 42.0 Å². The quantitative estimate of drug-likeness (QED) is 0.211. The number of hydrazine groups is 1. The zero-order valence-electron chi connectivity index (χ0n) is 19.3. The number of hydroxylamine groups is 2. The number of nitrogens with one attached hydrogen (secondary N) is 2. The van der Waals surface area contributed by atoms with Gasteiger partial charge in [-0.1, -0.05) is 25.7 Å². The molecule has 0 radical (unpaired) electrons. The van der Waals surface area contributed by atoms with Crippen molar-refractivity contribution in [2.24, 2.45) is 11.8 Å². The van der Waals surface area contributed by atoms with Crippen molar-refractivity contribution in [1.29, 1.82) is 0 Å². The van der Waals surface area contributed by atoms with Crippen molar-refractivity contribution in [3.8, 4) is 0 Å². The molecule has 2 amide bonds. The summed E-state index contributed by atoms with van der Waals surface area (Å²) in [7, 11) is 2.02. The standard InChI is InChI=1S/C21H33ClFN7O3/c1-13-10-30(14(2)9-28(13)3)19-17(23)18(24-21(22)25-19)26-27-20(32)16(11-29(33)12-31)8-15-6-4-5-7-15/h12-16,33H,4-11H2,1-3H3,(H,27,32)(H,24,25,26)/t13-,14-,16-/m1/s1. The second-order valence-corrected chi connectivity index (χ2v) is 9.53. The van der Waals surface area contributed by atoms with Crippen molar-refractivity contribution in [1.82, 2.24) is 25.4 Å². The van der Waals surface area contributed by atoms with Crippen molar-refractivity contribution in [3.05, 3.63) is 11.1 Å². The largest absolute Gasteiger partial charge is 0.348 e. The average molecular weight is 486 g/mol. The summed E-state index contributed by atoms with van der Waals surface area (Å²) in [4.78, 5) is 35.7. The molecule has 184 valence electrons. The van der Waals surface area contributed by atoms with Crippen LogP contribution in [0.15, 0.2) is 0 Å². The van der Waals surface area contributed by atoms with Crippen molar-refractivity contribution in [2.45, 2.75) is 58.0 Å². The van der Waals surface area contributed by atoms with Crippen LogP contribution in [0.4, 0.5) is 16.0 Å². The Hall–Kier alpha value is -2.24. The van der Waals surface area contributed by atoms with Crippen molar-refractivity contribution in [3.63, 3.8) is 0 Å². The Balaban J connectivity index is 1.72. The highest BCUT2D eigenvalue weighted by atomic mass is 35.5. The number of carbonyl (C=O) groups excluding carboxylic acids is 2. The maximum Gasteiger partial charge on any atom is 0.243 e. The molecular weight excluding hydrogens is 453 g/mol. The van der Waals surface area contributed by atoms with Crippen LogP contribution >= 0.6 is 11.6 Å². The summed E-state index contributed by atoms with van der Waals surface area (Å²) < 4.78 is 15.3. The van der Waals surface area contributed by atoms with Gasteiger partial charge >= 0.3 is 0 Å². The third kappa shape index (κ3) is 6.42. The summed E-state index contributed by atoms with van der Waals surface area (Å²) in [6.07, 6.45) is 4.99. The fourth-order valence-corrected chi connectivity index (χ4v) is 4.85. The molecule has 1 saturated heterocycles. The summed E-state index contributed by atoms with van der Waals surface area (Å²) in [5.74, 6) is -1.67. The van der Waals surface area contributed by atoms with Crippen LogP contribution in [0, 0.1) is 17.7 Å². The molecule has 0 aromatic carbocycles. The van der Waals surface area contributed by atoms with Gasteiger partial charge in [-0.3, -0.25) is 30.5 Å². The third-order valence-electron chi connectivity index (χ3n) is 6.67. The maximum absolute atomic E-state index is 15.3. The monoisotopic (exact) mass is 485 g/mol. The highest BCUT2D eigenvalue weighted by molar-refractivity contribution is 6.28. The molecule has 3 atom stereocenters. The molecule has 10 nitrogen and oxygen atoms in total. The lowest BCUT2D eigenvalue weighted by Crippen LogP contribution is -2.55. The SMILES string of the molecule is C[C@@H]1CN(c2nc(Cl)nc(NNC(=O)[C@H](CC3CCCC3)CN(O)C=O)c2F)[C@H](C)CN1C. The van der Waals surface area contributed by atoms with Gasteiger partial charge in [0.2, 0.25) is 23.4 Å². The molecule has 1 aliphatic heterocycles. The molecule has 2 aliphatic rings. The van der Waals surface area contributed by atoms with E-state index in [0.29, 0.717) is 23.9 Å². The highest BCUT2D eigenvalue weighted by Crippen LogP contribution is 2.31. The number of amides is 2.